The summed E-state index contributed by atoms with van der Waals surface area (Å²) in [7, 11) is 3.99. The molecule has 3 aromatic carbocycles. The molecule has 0 radical (unpaired) electrons. The lowest BCUT2D eigenvalue weighted by atomic mass is 9.93. The zero-order valence-electron chi connectivity index (χ0n) is 16.3. The third-order valence-electron chi connectivity index (χ3n) is 5.05. The highest BCUT2D eigenvalue weighted by molar-refractivity contribution is 6.14. The maximum Gasteiger partial charge on any atom is 0.166 e. The number of nitrogens with zero attached hydrogens (tertiary/aromatic N) is 1. The summed E-state index contributed by atoms with van der Waals surface area (Å²) in [6.45, 7) is 0.734. The van der Waals surface area contributed by atoms with Gasteiger partial charge >= 0.3 is 0 Å². The lowest BCUT2D eigenvalue weighted by Gasteiger charge is -2.12. The van der Waals surface area contributed by atoms with Gasteiger partial charge in [-0.25, -0.2) is 0 Å². The molecule has 0 unspecified atom stereocenters. The number of ketones is 1. The monoisotopic (exact) mass is 368 g/mol. The maximum absolute atomic E-state index is 13.2. The number of aromatic amines is 1. The van der Waals surface area contributed by atoms with Crippen molar-refractivity contribution >= 4 is 16.7 Å². The Labute approximate surface area is 165 Å². The number of Topliss-reactive ketones (excluding diaryl/α,β-unsaturated/α-hetero) is 1. The number of aromatic nitrogens is 1. The van der Waals surface area contributed by atoms with Crippen molar-refractivity contribution in [2.24, 2.45) is 0 Å². The van der Waals surface area contributed by atoms with Crippen LogP contribution in [-0.4, -0.2) is 36.3 Å². The average molecular weight is 368 g/mol. The highest BCUT2D eigenvalue weighted by Crippen LogP contribution is 2.37. The van der Waals surface area contributed by atoms with Crippen LogP contribution in [-0.2, 0) is 0 Å². The Morgan fingerprint density at radius 2 is 1.46 bits per heavy atom. The molecule has 0 aliphatic carbocycles. The van der Waals surface area contributed by atoms with Gasteiger partial charge in [-0.1, -0.05) is 72.8 Å². The molecule has 0 aliphatic heterocycles. The topological polar surface area (TPSA) is 36.1 Å². The molecule has 1 N–H and O–H groups in total. The van der Waals surface area contributed by atoms with Gasteiger partial charge in [-0.2, -0.15) is 0 Å². The third kappa shape index (κ3) is 3.49. The summed E-state index contributed by atoms with van der Waals surface area (Å²) >= 11 is 0. The summed E-state index contributed by atoms with van der Waals surface area (Å²) in [6.07, 6.45) is 0.495. The van der Waals surface area contributed by atoms with Crippen molar-refractivity contribution in [2.45, 2.75) is 6.42 Å². The van der Waals surface area contributed by atoms with Crippen molar-refractivity contribution in [3.8, 4) is 22.4 Å². The van der Waals surface area contributed by atoms with Crippen LogP contribution in [0.3, 0.4) is 0 Å². The lowest BCUT2D eigenvalue weighted by Crippen LogP contribution is -2.17. The van der Waals surface area contributed by atoms with Gasteiger partial charge in [0.05, 0.1) is 11.3 Å². The first-order valence-corrected chi connectivity index (χ1v) is 9.58. The van der Waals surface area contributed by atoms with E-state index < -0.39 is 0 Å². The molecule has 0 spiro atoms. The zero-order valence-corrected chi connectivity index (χ0v) is 16.3. The first kappa shape index (κ1) is 18.2. The van der Waals surface area contributed by atoms with Gasteiger partial charge < -0.3 is 9.88 Å². The number of hydrogen-bond donors (Lipinski definition) is 1. The normalized spacial score (nSPS) is 11.2. The fourth-order valence-electron chi connectivity index (χ4n) is 3.65. The van der Waals surface area contributed by atoms with E-state index in [2.05, 4.69) is 29.2 Å². The number of fused-ring (bicyclic) bond motifs is 1. The van der Waals surface area contributed by atoms with E-state index in [4.69, 9.17) is 0 Å². The number of para-hydroxylation sites is 1. The molecule has 0 amide bonds. The predicted molar refractivity (Wildman–Crippen MR) is 117 cm³/mol. The number of carbonyl (C=O) groups excluding carboxylic acids is 1. The smallest absolute Gasteiger partial charge is 0.166 e. The molecule has 140 valence electrons. The minimum absolute atomic E-state index is 0.170. The van der Waals surface area contributed by atoms with E-state index >= 15 is 0 Å². The molecule has 0 saturated carbocycles. The van der Waals surface area contributed by atoms with Gasteiger partial charge in [0.15, 0.2) is 5.78 Å². The van der Waals surface area contributed by atoms with Crippen LogP contribution < -0.4 is 0 Å². The number of hydrogen-bond acceptors (Lipinski definition) is 2. The number of carbonyl (C=O) groups is 1. The summed E-state index contributed by atoms with van der Waals surface area (Å²) in [5, 5.41) is 0.990. The Morgan fingerprint density at radius 3 is 2.21 bits per heavy atom. The van der Waals surface area contributed by atoms with Crippen molar-refractivity contribution in [3.05, 3.63) is 84.4 Å². The lowest BCUT2D eigenvalue weighted by molar-refractivity contribution is 0.0975. The van der Waals surface area contributed by atoms with E-state index in [1.165, 1.54) is 0 Å². The van der Waals surface area contributed by atoms with Crippen molar-refractivity contribution in [1.29, 1.82) is 0 Å². The Hall–Kier alpha value is -3.17. The molecule has 0 aliphatic rings. The van der Waals surface area contributed by atoms with Gasteiger partial charge in [0.2, 0.25) is 0 Å². The second-order valence-electron chi connectivity index (χ2n) is 7.31. The molecular weight excluding hydrogens is 344 g/mol. The van der Waals surface area contributed by atoms with Crippen molar-refractivity contribution in [3.63, 3.8) is 0 Å². The molecule has 3 heteroatoms. The fraction of sp³-hybridized carbons (Fsp3) is 0.160. The quantitative estimate of drug-likeness (QED) is 0.447. The van der Waals surface area contributed by atoms with E-state index in [0.717, 1.165) is 45.4 Å². The Kier molecular flexibility index (Phi) is 5.09. The van der Waals surface area contributed by atoms with Crippen LogP contribution >= 0.6 is 0 Å². The third-order valence-corrected chi connectivity index (χ3v) is 5.05. The van der Waals surface area contributed by atoms with Crippen LogP contribution in [0.2, 0.25) is 0 Å². The van der Waals surface area contributed by atoms with E-state index in [-0.39, 0.29) is 5.78 Å². The zero-order chi connectivity index (χ0) is 19.5. The van der Waals surface area contributed by atoms with E-state index in [0.29, 0.717) is 6.42 Å². The van der Waals surface area contributed by atoms with Gasteiger partial charge in [0, 0.05) is 29.4 Å². The van der Waals surface area contributed by atoms with Crippen LogP contribution in [0, 0.1) is 0 Å². The van der Waals surface area contributed by atoms with E-state index in [9.17, 15) is 4.79 Å². The molecule has 28 heavy (non-hydrogen) atoms. The second kappa shape index (κ2) is 7.83. The van der Waals surface area contributed by atoms with E-state index in [1.807, 2.05) is 73.6 Å². The molecule has 1 heterocycles. The van der Waals surface area contributed by atoms with Gasteiger partial charge in [-0.05, 0) is 31.3 Å². The van der Waals surface area contributed by atoms with E-state index in [1.54, 1.807) is 0 Å². The molecule has 4 rings (SSSR count). The Balaban J connectivity index is 1.91. The number of benzene rings is 3. The average Bonchev–Trinajstić information content (AvgIpc) is 3.12. The van der Waals surface area contributed by atoms with Crippen molar-refractivity contribution in [1.82, 2.24) is 9.88 Å². The minimum atomic E-state index is 0.170. The molecule has 3 nitrogen and oxygen atoms in total. The minimum Gasteiger partial charge on any atom is -0.354 e. The number of rotatable bonds is 6. The van der Waals surface area contributed by atoms with Gasteiger partial charge in [0.25, 0.3) is 0 Å². The molecule has 0 bridgehead atoms. The highest BCUT2D eigenvalue weighted by atomic mass is 16.1. The largest absolute Gasteiger partial charge is 0.354 e. The fourth-order valence-corrected chi connectivity index (χ4v) is 3.65. The molecule has 4 aromatic rings. The predicted octanol–water partition coefficient (Wildman–Crippen LogP) is 5.64. The highest BCUT2D eigenvalue weighted by Gasteiger charge is 2.21. The van der Waals surface area contributed by atoms with Crippen LogP contribution in [0.15, 0.2) is 78.9 Å². The van der Waals surface area contributed by atoms with Gasteiger partial charge in [-0.3, -0.25) is 4.79 Å². The molecule has 0 atom stereocenters. The molecule has 0 fully saturated rings. The van der Waals surface area contributed by atoms with Crippen molar-refractivity contribution in [2.75, 3.05) is 20.6 Å². The summed E-state index contributed by atoms with van der Waals surface area (Å²) in [5.41, 5.74) is 6.01. The van der Waals surface area contributed by atoms with Crippen LogP contribution in [0.1, 0.15) is 16.8 Å². The Morgan fingerprint density at radius 1 is 0.821 bits per heavy atom. The SMILES string of the molecule is CN(C)CCC(=O)c1c(-c2ccccc2-c2ccccc2)[nH]c2ccccc12. The van der Waals surface area contributed by atoms with Gasteiger partial charge in [-0.15, -0.1) is 0 Å². The summed E-state index contributed by atoms with van der Waals surface area (Å²) < 4.78 is 0. The van der Waals surface area contributed by atoms with Crippen molar-refractivity contribution < 1.29 is 4.79 Å². The van der Waals surface area contributed by atoms with Crippen LogP contribution in [0.5, 0.6) is 0 Å². The summed E-state index contributed by atoms with van der Waals surface area (Å²) in [5.74, 6) is 0.170. The molecule has 1 aromatic heterocycles. The van der Waals surface area contributed by atoms with Crippen LogP contribution in [0.4, 0.5) is 0 Å². The summed E-state index contributed by atoms with van der Waals surface area (Å²) in [6, 6.07) is 26.7. The number of H-pyrrole nitrogens is 1. The first-order chi connectivity index (χ1) is 13.6. The summed E-state index contributed by atoms with van der Waals surface area (Å²) in [4.78, 5) is 18.8. The molecule has 0 saturated heterocycles. The second-order valence-corrected chi connectivity index (χ2v) is 7.31. The molecular formula is C25H24N2O. The number of nitrogens with one attached hydrogen (secondary N) is 1. The Bertz CT molecular complexity index is 1110. The van der Waals surface area contributed by atoms with Gasteiger partial charge in [0.1, 0.15) is 0 Å². The first-order valence-electron chi connectivity index (χ1n) is 9.58. The standard InChI is InChI=1S/C25H24N2O/c1-27(2)17-16-23(28)24-21-14-8-9-15-22(21)26-25(24)20-13-7-6-12-19(20)18-10-4-3-5-11-18/h3-15,26H,16-17H2,1-2H3. The van der Waals surface area contributed by atoms with Crippen LogP contribution in [0.25, 0.3) is 33.3 Å². The maximum atomic E-state index is 13.2.